The van der Waals surface area contributed by atoms with E-state index in [1.807, 2.05) is 0 Å². The second kappa shape index (κ2) is 13.7. The second-order valence-electron chi connectivity index (χ2n) is 15.7. The van der Waals surface area contributed by atoms with Gasteiger partial charge in [-0.1, -0.05) is 92.4 Å². The van der Waals surface area contributed by atoms with Crippen LogP contribution < -0.4 is 9.80 Å². The molecule has 52 heavy (non-hydrogen) atoms. The van der Waals surface area contributed by atoms with Crippen molar-refractivity contribution < 1.29 is 0 Å². The van der Waals surface area contributed by atoms with Crippen LogP contribution in [0, 0.1) is 31.6 Å². The fourth-order valence-corrected chi connectivity index (χ4v) is 10.0. The maximum Gasteiger partial charge on any atom is 0.0488 e. The molecule has 0 heterocycles. The molecule has 0 radical (unpaired) electrons. The van der Waals surface area contributed by atoms with Crippen molar-refractivity contribution in [3.63, 3.8) is 0 Å². The zero-order chi connectivity index (χ0) is 35.5. The van der Waals surface area contributed by atoms with Crippen LogP contribution in [0.5, 0.6) is 0 Å². The van der Waals surface area contributed by atoms with Crippen molar-refractivity contribution in [2.45, 2.75) is 58.3 Å². The van der Waals surface area contributed by atoms with Gasteiger partial charge in [-0.15, -0.1) is 0 Å². The molecule has 0 amide bonds. The Labute approximate surface area is 325 Å². The summed E-state index contributed by atoms with van der Waals surface area (Å²) in [5.74, 6) is 4.05. The van der Waals surface area contributed by atoms with Crippen LogP contribution in [0.4, 0.5) is 34.1 Å². The number of rotatable bonds is 7. The third-order valence-corrected chi connectivity index (χ3v) is 13.1. The van der Waals surface area contributed by atoms with Gasteiger partial charge in [0.25, 0.3) is 0 Å². The van der Waals surface area contributed by atoms with Crippen LogP contribution in [0.25, 0.3) is 11.1 Å². The number of benzene rings is 6. The van der Waals surface area contributed by atoms with E-state index >= 15 is 0 Å². The van der Waals surface area contributed by atoms with E-state index in [1.54, 1.807) is 11.1 Å². The standard InChI is InChI=1S/C48H44Br2N2/c1-30-4-13-39(14-5-30)51(40-15-6-31(2)7-16-40)43-24-34(33-8-21-45-46(26-33)35-22-32(3)23-36-28-48(45)47(36)27-35)25-44(29-43)52(41-17-9-37(49)10-18-41)42-19-11-38(50)12-20-42/h4-21,24-26,29,32,35-36,47-48H,22-23,27-28H2,1-3H3. The van der Waals surface area contributed by atoms with Gasteiger partial charge in [-0.3, -0.25) is 0 Å². The lowest BCUT2D eigenvalue weighted by Gasteiger charge is -2.49. The first-order valence-electron chi connectivity index (χ1n) is 18.8. The van der Waals surface area contributed by atoms with E-state index in [4.69, 9.17) is 0 Å². The van der Waals surface area contributed by atoms with E-state index in [2.05, 4.69) is 196 Å². The van der Waals surface area contributed by atoms with Crippen molar-refractivity contribution >= 4 is 66.0 Å². The molecule has 9 rings (SSSR count). The third kappa shape index (κ3) is 6.32. The maximum absolute atomic E-state index is 3.68. The predicted molar refractivity (Wildman–Crippen MR) is 226 cm³/mol. The minimum Gasteiger partial charge on any atom is -0.310 e. The first-order chi connectivity index (χ1) is 25.3. The molecule has 4 heteroatoms. The van der Waals surface area contributed by atoms with Gasteiger partial charge in [-0.05, 0) is 182 Å². The molecule has 3 aliphatic rings. The van der Waals surface area contributed by atoms with E-state index in [1.165, 1.54) is 47.9 Å². The van der Waals surface area contributed by atoms with Gasteiger partial charge in [0.1, 0.15) is 0 Å². The molecule has 6 aromatic rings. The van der Waals surface area contributed by atoms with E-state index in [0.717, 1.165) is 66.7 Å². The summed E-state index contributed by atoms with van der Waals surface area (Å²) in [5, 5.41) is 0. The molecule has 0 spiro atoms. The number of hydrogen-bond donors (Lipinski definition) is 0. The van der Waals surface area contributed by atoms with Gasteiger partial charge in [0, 0.05) is 43.1 Å². The van der Waals surface area contributed by atoms with Gasteiger partial charge in [0.2, 0.25) is 0 Å². The zero-order valence-corrected chi connectivity index (χ0v) is 33.2. The van der Waals surface area contributed by atoms with Gasteiger partial charge < -0.3 is 9.80 Å². The monoisotopic (exact) mass is 806 g/mol. The number of aryl methyl sites for hydroxylation is 2. The molecule has 2 nitrogen and oxygen atoms in total. The van der Waals surface area contributed by atoms with Crippen LogP contribution in [0.2, 0.25) is 0 Å². The molecule has 3 aliphatic carbocycles. The number of halogens is 2. The fraction of sp³-hybridized carbons (Fsp3) is 0.250. The summed E-state index contributed by atoms with van der Waals surface area (Å²) in [4.78, 5) is 4.80. The summed E-state index contributed by atoms with van der Waals surface area (Å²) in [7, 11) is 0. The average molecular weight is 809 g/mol. The van der Waals surface area contributed by atoms with Crippen molar-refractivity contribution in [1.29, 1.82) is 0 Å². The van der Waals surface area contributed by atoms with E-state index in [9.17, 15) is 0 Å². The lowest BCUT2D eigenvalue weighted by Crippen LogP contribution is -2.38. The molecule has 5 unspecified atom stereocenters. The molecule has 2 bridgehead atoms. The van der Waals surface area contributed by atoms with Crippen LogP contribution in [-0.2, 0) is 0 Å². The predicted octanol–water partition coefficient (Wildman–Crippen LogP) is 15.1. The highest BCUT2D eigenvalue weighted by molar-refractivity contribution is 9.10. The van der Waals surface area contributed by atoms with Crippen molar-refractivity contribution in [3.05, 3.63) is 165 Å². The van der Waals surface area contributed by atoms with Gasteiger partial charge in [-0.2, -0.15) is 0 Å². The summed E-state index contributed by atoms with van der Waals surface area (Å²) in [6.45, 7) is 6.81. The molecule has 2 saturated carbocycles. The Morgan fingerprint density at radius 2 is 0.962 bits per heavy atom. The first-order valence-corrected chi connectivity index (χ1v) is 20.4. The zero-order valence-electron chi connectivity index (χ0n) is 30.1. The average Bonchev–Trinajstić information content (AvgIpc) is 3.20. The molecule has 0 saturated heterocycles. The topological polar surface area (TPSA) is 6.48 Å². The second-order valence-corrected chi connectivity index (χ2v) is 17.5. The summed E-state index contributed by atoms with van der Waals surface area (Å²) >= 11 is 7.37. The Bertz CT molecular complexity index is 2020. The quantitative estimate of drug-likeness (QED) is 0.159. The van der Waals surface area contributed by atoms with Crippen molar-refractivity contribution in [2.24, 2.45) is 17.8 Å². The van der Waals surface area contributed by atoms with Crippen LogP contribution >= 0.6 is 31.9 Å². The van der Waals surface area contributed by atoms with Gasteiger partial charge in [-0.25, -0.2) is 0 Å². The van der Waals surface area contributed by atoms with Crippen molar-refractivity contribution in [3.8, 4) is 11.1 Å². The van der Waals surface area contributed by atoms with Crippen LogP contribution in [0.1, 0.15) is 66.7 Å². The lowest BCUT2D eigenvalue weighted by atomic mass is 9.55. The Hall–Kier alpha value is -4.12. The summed E-state index contributed by atoms with van der Waals surface area (Å²) < 4.78 is 2.13. The highest BCUT2D eigenvalue weighted by atomic mass is 79.9. The fourth-order valence-electron chi connectivity index (χ4n) is 9.50. The van der Waals surface area contributed by atoms with Gasteiger partial charge in [0.15, 0.2) is 0 Å². The highest BCUT2D eigenvalue weighted by Gasteiger charge is 2.49. The number of hydrogen-bond acceptors (Lipinski definition) is 2. The Morgan fingerprint density at radius 3 is 1.48 bits per heavy atom. The Balaban J connectivity index is 1.26. The molecular weight excluding hydrogens is 764 g/mol. The number of fused-ring (bicyclic) bond motifs is 4. The van der Waals surface area contributed by atoms with E-state index in [-0.39, 0.29) is 0 Å². The summed E-state index contributed by atoms with van der Waals surface area (Å²) in [5.41, 5.74) is 15.0. The molecule has 2 fully saturated rings. The van der Waals surface area contributed by atoms with Gasteiger partial charge in [0.05, 0.1) is 0 Å². The van der Waals surface area contributed by atoms with Crippen molar-refractivity contribution in [2.75, 3.05) is 9.80 Å². The van der Waals surface area contributed by atoms with Crippen LogP contribution in [-0.4, -0.2) is 0 Å². The van der Waals surface area contributed by atoms with E-state index < -0.39 is 0 Å². The molecular formula is C48H44Br2N2. The number of nitrogens with zero attached hydrogens (tertiary/aromatic N) is 2. The van der Waals surface area contributed by atoms with Crippen LogP contribution in [0.3, 0.4) is 0 Å². The maximum atomic E-state index is 3.68. The normalized spacial score (nSPS) is 21.4. The molecule has 6 aromatic carbocycles. The van der Waals surface area contributed by atoms with Crippen molar-refractivity contribution in [1.82, 2.24) is 0 Å². The SMILES string of the molecule is Cc1ccc(N(c2ccc(C)cc2)c2cc(-c3ccc4c(c3)C3CC(C)CC5CC4C5C3)cc(N(c3ccc(Br)cc3)c3ccc(Br)cc3)c2)cc1. The molecule has 0 aliphatic heterocycles. The van der Waals surface area contributed by atoms with Gasteiger partial charge >= 0.3 is 0 Å². The summed E-state index contributed by atoms with van der Waals surface area (Å²) in [6.07, 6.45) is 5.48. The largest absolute Gasteiger partial charge is 0.310 e. The molecule has 260 valence electrons. The highest BCUT2D eigenvalue weighted by Crippen LogP contribution is 2.62. The lowest BCUT2D eigenvalue weighted by molar-refractivity contribution is 0.103. The number of anilines is 6. The van der Waals surface area contributed by atoms with Crippen LogP contribution in [0.15, 0.2) is 142 Å². The summed E-state index contributed by atoms with van der Waals surface area (Å²) in [6, 6.07) is 49.8. The Morgan fingerprint density at radius 1 is 0.462 bits per heavy atom. The minimum absolute atomic E-state index is 0.665. The Kier molecular flexibility index (Phi) is 8.88. The molecule has 0 aromatic heterocycles. The smallest absolute Gasteiger partial charge is 0.0488 e. The molecule has 0 N–H and O–H groups in total. The third-order valence-electron chi connectivity index (χ3n) is 12.1. The molecule has 5 atom stereocenters. The first kappa shape index (κ1) is 33.7. The van der Waals surface area contributed by atoms with E-state index in [0.29, 0.717) is 5.92 Å². The minimum atomic E-state index is 0.665.